The summed E-state index contributed by atoms with van der Waals surface area (Å²) >= 11 is 0. The highest BCUT2D eigenvalue weighted by Crippen LogP contribution is 2.52. The molecule has 1 heterocycles. The first kappa shape index (κ1) is 10.4. The van der Waals surface area contributed by atoms with Gasteiger partial charge in [0.2, 0.25) is 0 Å². The molecule has 0 amide bonds. The predicted octanol–water partition coefficient (Wildman–Crippen LogP) is 2.11. The lowest BCUT2D eigenvalue weighted by Gasteiger charge is -2.52. The van der Waals surface area contributed by atoms with Crippen LogP contribution >= 0.6 is 10.4 Å². The van der Waals surface area contributed by atoms with Gasteiger partial charge in [-0.3, -0.25) is 9.44 Å². The summed E-state index contributed by atoms with van der Waals surface area (Å²) in [6.07, 6.45) is 3.84. The summed E-state index contributed by atoms with van der Waals surface area (Å²) in [5.41, 5.74) is 0. The Morgan fingerprint density at radius 3 is 1.92 bits per heavy atom. The topological polar surface area (TPSA) is 29.3 Å². The van der Waals surface area contributed by atoms with Gasteiger partial charge >= 0.3 is 0 Å². The van der Waals surface area contributed by atoms with Gasteiger partial charge in [0.15, 0.2) is 0 Å². The molecule has 1 rings (SSSR count). The Labute approximate surface area is 78.1 Å². The van der Waals surface area contributed by atoms with Crippen LogP contribution in [0.4, 0.5) is 0 Å². The molecule has 2 N–H and O–H groups in total. The summed E-state index contributed by atoms with van der Waals surface area (Å²) in [5, 5.41) is 6.33. The second-order valence-electron chi connectivity index (χ2n) is 3.59. The van der Waals surface area contributed by atoms with E-state index in [1.54, 1.807) is 0 Å². The number of hydrogen-bond acceptors (Lipinski definition) is 2. The van der Waals surface area contributed by atoms with Gasteiger partial charge in [0.05, 0.1) is 0 Å². The van der Waals surface area contributed by atoms with Crippen molar-refractivity contribution in [2.75, 3.05) is 24.6 Å². The molecule has 0 saturated carbocycles. The van der Waals surface area contributed by atoms with Crippen molar-refractivity contribution in [3.05, 3.63) is 0 Å². The van der Waals surface area contributed by atoms with Crippen molar-refractivity contribution in [2.45, 2.75) is 33.1 Å². The Morgan fingerprint density at radius 2 is 1.67 bits per heavy atom. The van der Waals surface area contributed by atoms with Gasteiger partial charge in [-0.1, -0.05) is 13.8 Å². The average Bonchev–Trinajstić information content (AvgIpc) is 2.00. The fourth-order valence-electron chi connectivity index (χ4n) is 1.67. The van der Waals surface area contributed by atoms with Crippen molar-refractivity contribution in [3.8, 4) is 0 Å². The first-order valence-electron chi connectivity index (χ1n) is 5.04. The first-order valence-corrected chi connectivity index (χ1v) is 7.03. The molecule has 0 atom stereocenters. The van der Waals surface area contributed by atoms with Crippen molar-refractivity contribution >= 4 is 10.4 Å². The van der Waals surface area contributed by atoms with E-state index in [9.17, 15) is 0 Å². The first-order chi connectivity index (χ1) is 5.73. The van der Waals surface area contributed by atoms with Crippen molar-refractivity contribution in [1.29, 1.82) is 0 Å². The largest absolute Gasteiger partial charge is 0.283 e. The van der Waals surface area contributed by atoms with Gasteiger partial charge in [-0.15, -0.1) is 10.4 Å². The second-order valence-corrected chi connectivity index (χ2v) is 6.73. The Balaban J connectivity index is 2.40. The van der Waals surface area contributed by atoms with E-state index in [0.717, 1.165) is 0 Å². The zero-order valence-electron chi connectivity index (χ0n) is 8.38. The monoisotopic (exact) mass is 190 g/mol. The molecule has 0 unspecified atom stereocenters. The maximum Gasteiger partial charge on any atom is 0.00827 e. The summed E-state index contributed by atoms with van der Waals surface area (Å²) in [7, 11) is -0.771. The lowest BCUT2D eigenvalue weighted by Crippen LogP contribution is -2.44. The van der Waals surface area contributed by atoms with Crippen LogP contribution in [0.2, 0.25) is 0 Å². The van der Waals surface area contributed by atoms with Crippen LogP contribution < -0.4 is 5.14 Å². The van der Waals surface area contributed by atoms with E-state index >= 15 is 0 Å². The van der Waals surface area contributed by atoms with Crippen molar-refractivity contribution in [1.82, 2.24) is 4.31 Å². The van der Waals surface area contributed by atoms with Crippen LogP contribution in [0.5, 0.6) is 0 Å². The van der Waals surface area contributed by atoms with Crippen molar-refractivity contribution < 1.29 is 0 Å². The maximum atomic E-state index is 6.33. The highest BCUT2D eigenvalue weighted by Gasteiger charge is 2.32. The summed E-state index contributed by atoms with van der Waals surface area (Å²) < 4.78 is 2.55. The lowest BCUT2D eigenvalue weighted by molar-refractivity contribution is 0.447. The summed E-state index contributed by atoms with van der Waals surface area (Å²) in [6, 6.07) is 0. The number of nitrogens with two attached hydrogens (primary N) is 1. The van der Waals surface area contributed by atoms with Crippen molar-refractivity contribution in [2.24, 2.45) is 5.14 Å². The van der Waals surface area contributed by atoms with Gasteiger partial charge in [0.25, 0.3) is 0 Å². The molecule has 3 heteroatoms. The molecule has 0 aromatic heterocycles. The molecule has 0 bridgehead atoms. The van der Waals surface area contributed by atoms with Crippen LogP contribution in [-0.2, 0) is 0 Å². The van der Waals surface area contributed by atoms with Gasteiger partial charge < -0.3 is 0 Å². The van der Waals surface area contributed by atoms with Gasteiger partial charge in [-0.05, 0) is 19.3 Å². The maximum absolute atomic E-state index is 6.33. The van der Waals surface area contributed by atoms with Crippen LogP contribution in [0.15, 0.2) is 0 Å². The lowest BCUT2D eigenvalue weighted by atomic mass is 10.4. The molecular formula is C9H22N2S. The molecule has 0 radical (unpaired) electrons. The number of nitrogens with zero attached hydrogens (tertiary/aromatic N) is 1. The highest BCUT2D eigenvalue weighted by atomic mass is 32.3. The minimum absolute atomic E-state index is 0.771. The predicted molar refractivity (Wildman–Crippen MR) is 58.3 cm³/mol. The average molecular weight is 190 g/mol. The molecule has 0 spiro atoms. The highest BCUT2D eigenvalue weighted by molar-refractivity contribution is 8.31. The van der Waals surface area contributed by atoms with E-state index in [-0.39, 0.29) is 0 Å². The molecule has 0 aromatic rings. The molecule has 0 aromatic carbocycles. The van der Waals surface area contributed by atoms with Gasteiger partial charge in [-0.25, -0.2) is 0 Å². The van der Waals surface area contributed by atoms with Crippen LogP contribution in [0, 0.1) is 0 Å². The van der Waals surface area contributed by atoms with E-state index in [0.29, 0.717) is 0 Å². The number of hydrogen-bond donors (Lipinski definition) is 1. The molecule has 2 nitrogen and oxygen atoms in total. The smallest absolute Gasteiger partial charge is 0.00827 e. The van der Waals surface area contributed by atoms with Gasteiger partial charge in [0, 0.05) is 24.6 Å². The van der Waals surface area contributed by atoms with E-state index < -0.39 is 10.4 Å². The van der Waals surface area contributed by atoms with Crippen LogP contribution in [0.25, 0.3) is 0 Å². The molecule has 0 aliphatic carbocycles. The summed E-state index contributed by atoms with van der Waals surface area (Å²) in [4.78, 5) is 0. The molecule has 12 heavy (non-hydrogen) atoms. The zero-order chi connectivity index (χ0) is 9.03. The Morgan fingerprint density at radius 1 is 1.17 bits per heavy atom. The minimum Gasteiger partial charge on any atom is -0.283 e. The fourth-order valence-corrected chi connectivity index (χ4v) is 4.16. The van der Waals surface area contributed by atoms with E-state index in [1.165, 1.54) is 43.9 Å². The SMILES string of the molecule is CCCN(CCC)S1(N)CCC1. The molecule has 74 valence electrons. The fraction of sp³-hybridized carbons (Fsp3) is 1.00. The normalized spacial score (nSPS) is 23.7. The van der Waals surface area contributed by atoms with E-state index in [1.807, 2.05) is 0 Å². The van der Waals surface area contributed by atoms with Crippen molar-refractivity contribution in [3.63, 3.8) is 0 Å². The zero-order valence-corrected chi connectivity index (χ0v) is 9.20. The van der Waals surface area contributed by atoms with Crippen LogP contribution in [0.1, 0.15) is 33.1 Å². The quantitative estimate of drug-likeness (QED) is 0.719. The Bertz CT molecular complexity index is 128. The molecule has 1 saturated heterocycles. The number of rotatable bonds is 5. The molecular weight excluding hydrogens is 168 g/mol. The Hall–Kier alpha value is 0.270. The van der Waals surface area contributed by atoms with Crippen LogP contribution in [-0.4, -0.2) is 28.9 Å². The molecule has 1 aliphatic heterocycles. The third-order valence-corrected chi connectivity index (χ3v) is 5.84. The third-order valence-electron chi connectivity index (χ3n) is 2.46. The molecule has 1 aliphatic rings. The Kier molecular flexibility index (Phi) is 3.87. The second kappa shape index (κ2) is 4.49. The summed E-state index contributed by atoms with van der Waals surface area (Å²) in [6.45, 7) is 6.90. The van der Waals surface area contributed by atoms with Gasteiger partial charge in [-0.2, -0.15) is 0 Å². The standard InChI is InChI=1S/C9H22N2S/c1-3-6-11(7-4-2)12(10)8-5-9-12/h3-10H2,1-2H3. The van der Waals surface area contributed by atoms with E-state index in [2.05, 4.69) is 18.2 Å². The van der Waals surface area contributed by atoms with Crippen LogP contribution in [0.3, 0.4) is 0 Å². The van der Waals surface area contributed by atoms with E-state index in [4.69, 9.17) is 5.14 Å². The minimum atomic E-state index is -0.771. The van der Waals surface area contributed by atoms with Gasteiger partial charge in [0.1, 0.15) is 0 Å². The summed E-state index contributed by atoms with van der Waals surface area (Å²) in [5.74, 6) is 2.57. The molecule has 1 fully saturated rings. The third kappa shape index (κ3) is 2.15.